The van der Waals surface area contributed by atoms with Gasteiger partial charge in [-0.05, 0) is 25.1 Å². The van der Waals surface area contributed by atoms with Crippen molar-refractivity contribution in [3.05, 3.63) is 64.1 Å². The molecular formula is C21H20ClF2N5O3. The first-order chi connectivity index (χ1) is 15.0. The van der Waals surface area contributed by atoms with Gasteiger partial charge in [-0.3, -0.25) is 9.48 Å². The van der Waals surface area contributed by atoms with E-state index in [0.29, 0.717) is 17.3 Å². The maximum atomic E-state index is 14.8. The van der Waals surface area contributed by atoms with Crippen LogP contribution in [0.5, 0.6) is 5.75 Å². The molecule has 11 heteroatoms. The van der Waals surface area contributed by atoms with Crippen LogP contribution in [0.25, 0.3) is 11.3 Å². The smallest absolute Gasteiger partial charge is 0.231 e. The third-order valence-corrected chi connectivity index (χ3v) is 6.14. The summed E-state index contributed by atoms with van der Waals surface area (Å²) in [5.41, 5.74) is 8.80. The highest BCUT2D eigenvalue weighted by molar-refractivity contribution is 6.31. The highest BCUT2D eigenvalue weighted by Crippen LogP contribution is 2.47. The van der Waals surface area contributed by atoms with E-state index >= 15 is 0 Å². The Balaban J connectivity index is 2.06. The standard InChI is InChI=1S/C21H20ClF2N5O3/c1-20(19(26)30)9-32-18-11(20)6-15(21(31,8-25)16-3-4-27-29(16)2)28-17(18)10-5-12(22)14(24)7-13(10)23/h3-7,31H,8-9,25H2,1-2H3,(H2,26,30)/t20-,21-/m0/s1. The molecule has 32 heavy (non-hydrogen) atoms. The first kappa shape index (κ1) is 22.1. The van der Waals surface area contributed by atoms with Crippen LogP contribution in [0.2, 0.25) is 5.02 Å². The van der Waals surface area contributed by atoms with Gasteiger partial charge < -0.3 is 21.3 Å². The molecule has 0 saturated carbocycles. The molecule has 4 rings (SSSR count). The summed E-state index contributed by atoms with van der Waals surface area (Å²) in [5.74, 6) is -2.50. The van der Waals surface area contributed by atoms with Crippen LogP contribution in [-0.2, 0) is 22.9 Å². The largest absolute Gasteiger partial charge is 0.489 e. The van der Waals surface area contributed by atoms with Crippen molar-refractivity contribution in [1.29, 1.82) is 0 Å². The number of ether oxygens (including phenoxy) is 1. The van der Waals surface area contributed by atoms with Crippen LogP contribution in [0.4, 0.5) is 8.78 Å². The van der Waals surface area contributed by atoms with Gasteiger partial charge in [0.05, 0.1) is 16.4 Å². The Kier molecular flexibility index (Phi) is 5.19. The molecule has 1 aliphatic heterocycles. The fourth-order valence-electron chi connectivity index (χ4n) is 3.81. The second-order valence-electron chi connectivity index (χ2n) is 7.87. The zero-order valence-corrected chi connectivity index (χ0v) is 18.0. The summed E-state index contributed by atoms with van der Waals surface area (Å²) in [6, 6.07) is 4.70. The molecule has 5 N–H and O–H groups in total. The Morgan fingerprint density at radius 3 is 2.69 bits per heavy atom. The SMILES string of the molecule is Cn1nccc1[C@](O)(CN)c1cc2c(c(-c3cc(Cl)c(F)cc3F)n1)OC[C@]2(C)C(N)=O. The number of benzene rings is 1. The van der Waals surface area contributed by atoms with Crippen molar-refractivity contribution in [1.82, 2.24) is 14.8 Å². The molecule has 1 aliphatic rings. The van der Waals surface area contributed by atoms with E-state index in [1.54, 1.807) is 20.0 Å². The molecule has 0 fully saturated rings. The number of carbonyl (C=O) groups excluding carboxylic acids is 1. The van der Waals surface area contributed by atoms with Crippen LogP contribution in [0.15, 0.2) is 30.5 Å². The summed E-state index contributed by atoms with van der Waals surface area (Å²) in [6.45, 7) is 1.13. The quantitative estimate of drug-likeness (QED) is 0.494. The highest BCUT2D eigenvalue weighted by atomic mass is 35.5. The van der Waals surface area contributed by atoms with Gasteiger partial charge in [0, 0.05) is 37.0 Å². The van der Waals surface area contributed by atoms with Crippen molar-refractivity contribution in [2.24, 2.45) is 18.5 Å². The molecule has 2 aromatic heterocycles. The number of amides is 1. The van der Waals surface area contributed by atoms with Crippen LogP contribution in [-0.4, -0.2) is 38.9 Å². The molecule has 0 aliphatic carbocycles. The lowest BCUT2D eigenvalue weighted by molar-refractivity contribution is -0.123. The van der Waals surface area contributed by atoms with Gasteiger partial charge >= 0.3 is 0 Å². The second-order valence-corrected chi connectivity index (χ2v) is 8.28. The number of hydrogen-bond acceptors (Lipinski definition) is 6. The molecule has 0 radical (unpaired) electrons. The van der Waals surface area contributed by atoms with E-state index in [0.717, 1.165) is 6.07 Å². The van der Waals surface area contributed by atoms with Crippen LogP contribution >= 0.6 is 11.6 Å². The van der Waals surface area contributed by atoms with Gasteiger partial charge in [-0.15, -0.1) is 0 Å². The monoisotopic (exact) mass is 463 g/mol. The minimum Gasteiger partial charge on any atom is -0.489 e. The fourth-order valence-corrected chi connectivity index (χ4v) is 3.97. The second kappa shape index (κ2) is 7.51. The normalized spacial score (nSPS) is 19.3. The van der Waals surface area contributed by atoms with E-state index < -0.39 is 28.6 Å². The number of rotatable bonds is 5. The number of pyridine rings is 1. The molecule has 1 amide bonds. The van der Waals surface area contributed by atoms with Crippen molar-refractivity contribution in [2.45, 2.75) is 17.9 Å². The average molecular weight is 464 g/mol. The number of aryl methyl sites for hydroxylation is 1. The van der Waals surface area contributed by atoms with Crippen molar-refractivity contribution in [3.63, 3.8) is 0 Å². The topological polar surface area (TPSA) is 129 Å². The number of aliphatic hydroxyl groups is 1. The van der Waals surface area contributed by atoms with E-state index in [1.807, 2.05) is 0 Å². The zero-order valence-electron chi connectivity index (χ0n) is 17.2. The molecule has 168 valence electrons. The summed E-state index contributed by atoms with van der Waals surface area (Å²) in [7, 11) is 1.61. The summed E-state index contributed by atoms with van der Waals surface area (Å²) in [5, 5.41) is 15.2. The lowest BCUT2D eigenvalue weighted by Crippen LogP contribution is -2.41. The number of nitrogens with two attached hydrogens (primary N) is 2. The summed E-state index contributed by atoms with van der Waals surface area (Å²) in [6.07, 6.45) is 1.47. The maximum Gasteiger partial charge on any atom is 0.231 e. The van der Waals surface area contributed by atoms with E-state index in [4.69, 9.17) is 27.8 Å². The van der Waals surface area contributed by atoms with Crippen LogP contribution < -0.4 is 16.2 Å². The van der Waals surface area contributed by atoms with E-state index in [1.165, 1.54) is 16.9 Å². The summed E-state index contributed by atoms with van der Waals surface area (Å²) in [4.78, 5) is 16.7. The van der Waals surface area contributed by atoms with Crippen LogP contribution in [0.3, 0.4) is 0 Å². The Hall–Kier alpha value is -3.08. The predicted octanol–water partition coefficient (Wildman–Crippen LogP) is 1.74. The molecule has 8 nitrogen and oxygen atoms in total. The van der Waals surface area contributed by atoms with E-state index in [9.17, 15) is 18.7 Å². The maximum absolute atomic E-state index is 14.8. The number of halogens is 3. The van der Waals surface area contributed by atoms with E-state index in [-0.39, 0.29) is 40.9 Å². The molecule has 0 bridgehead atoms. The Morgan fingerprint density at radius 1 is 1.38 bits per heavy atom. The molecular weight excluding hydrogens is 444 g/mol. The fraction of sp³-hybridized carbons (Fsp3) is 0.286. The van der Waals surface area contributed by atoms with Crippen molar-refractivity contribution >= 4 is 17.5 Å². The highest BCUT2D eigenvalue weighted by Gasteiger charge is 2.46. The molecule has 1 aromatic carbocycles. The van der Waals surface area contributed by atoms with Gasteiger partial charge in [0.1, 0.15) is 35.1 Å². The Bertz CT molecular complexity index is 1250. The molecule has 2 atom stereocenters. The number of carbonyl (C=O) groups is 1. The van der Waals surface area contributed by atoms with Crippen LogP contribution in [0.1, 0.15) is 23.9 Å². The summed E-state index contributed by atoms with van der Waals surface area (Å²) >= 11 is 5.89. The van der Waals surface area contributed by atoms with Crippen molar-refractivity contribution < 1.29 is 23.4 Å². The minimum absolute atomic E-state index is 0.00942. The van der Waals surface area contributed by atoms with Gasteiger partial charge in [0.25, 0.3) is 0 Å². The number of nitrogens with zero attached hydrogens (tertiary/aromatic N) is 3. The Labute approximate surface area is 186 Å². The number of fused-ring (bicyclic) bond motifs is 1. The number of primary amides is 1. The van der Waals surface area contributed by atoms with Gasteiger partial charge in [-0.2, -0.15) is 5.10 Å². The lowest BCUT2D eigenvalue weighted by Gasteiger charge is -2.28. The van der Waals surface area contributed by atoms with Gasteiger partial charge in [-0.25, -0.2) is 13.8 Å². The molecule has 3 aromatic rings. The zero-order chi connectivity index (χ0) is 23.4. The third-order valence-electron chi connectivity index (χ3n) is 5.85. The number of aromatic nitrogens is 3. The van der Waals surface area contributed by atoms with Crippen molar-refractivity contribution in [3.8, 4) is 17.0 Å². The van der Waals surface area contributed by atoms with Gasteiger partial charge in [0.2, 0.25) is 5.91 Å². The molecule has 0 saturated heterocycles. The predicted molar refractivity (Wildman–Crippen MR) is 112 cm³/mol. The molecule has 3 heterocycles. The third kappa shape index (κ3) is 3.14. The molecule has 0 unspecified atom stereocenters. The Morgan fingerprint density at radius 2 is 2.09 bits per heavy atom. The van der Waals surface area contributed by atoms with Crippen molar-refractivity contribution in [2.75, 3.05) is 13.2 Å². The first-order valence-corrected chi connectivity index (χ1v) is 9.95. The van der Waals surface area contributed by atoms with E-state index in [2.05, 4.69) is 10.1 Å². The van der Waals surface area contributed by atoms with Crippen LogP contribution in [0, 0.1) is 11.6 Å². The van der Waals surface area contributed by atoms with Gasteiger partial charge in [-0.1, -0.05) is 11.6 Å². The average Bonchev–Trinajstić information content (AvgIpc) is 3.34. The molecule has 0 spiro atoms. The van der Waals surface area contributed by atoms with Gasteiger partial charge in [0.15, 0.2) is 5.60 Å². The first-order valence-electron chi connectivity index (χ1n) is 9.57. The number of hydrogen-bond donors (Lipinski definition) is 3. The minimum atomic E-state index is -1.85. The lowest BCUT2D eigenvalue weighted by atomic mass is 9.81. The summed E-state index contributed by atoms with van der Waals surface area (Å²) < 4.78 is 35.7.